The Hall–Kier alpha value is -3.72. The van der Waals surface area contributed by atoms with Crippen molar-refractivity contribution < 1.29 is 22.0 Å². The monoisotopic (exact) mass is 483 g/mol. The smallest absolute Gasteiger partial charge is 0.255 e. The van der Waals surface area contributed by atoms with Crippen molar-refractivity contribution in [2.75, 3.05) is 13.6 Å². The highest BCUT2D eigenvalue weighted by Gasteiger charge is 2.29. The molecule has 0 bridgehead atoms. The fourth-order valence-corrected chi connectivity index (χ4v) is 4.44. The number of piperidine rings is 1. The van der Waals surface area contributed by atoms with E-state index in [0.717, 1.165) is 60.7 Å². The number of hydrogen-bond acceptors (Lipinski definition) is 4. The summed E-state index contributed by atoms with van der Waals surface area (Å²) >= 11 is 0. The van der Waals surface area contributed by atoms with E-state index in [4.69, 9.17) is 4.42 Å². The summed E-state index contributed by atoms with van der Waals surface area (Å²) in [6.07, 6.45) is 4.01. The summed E-state index contributed by atoms with van der Waals surface area (Å²) in [5, 5.41) is 0. The van der Waals surface area contributed by atoms with Crippen LogP contribution in [0.4, 0.5) is 17.6 Å². The van der Waals surface area contributed by atoms with Gasteiger partial charge >= 0.3 is 0 Å². The molecule has 1 atom stereocenters. The molecule has 2 aromatic heterocycles. The Morgan fingerprint density at radius 3 is 2.46 bits per heavy atom. The maximum atomic E-state index is 14.8. The van der Waals surface area contributed by atoms with E-state index in [-0.39, 0.29) is 28.6 Å². The number of pyridine rings is 1. The lowest BCUT2D eigenvalue weighted by atomic mass is 10.0. The van der Waals surface area contributed by atoms with E-state index in [0.29, 0.717) is 5.89 Å². The fourth-order valence-electron chi connectivity index (χ4n) is 4.44. The number of likely N-dealkylation sites (tertiary alicyclic amines) is 1. The largest absolute Gasteiger partial charge is 0.438 e. The van der Waals surface area contributed by atoms with Gasteiger partial charge in [-0.25, -0.2) is 22.5 Å². The van der Waals surface area contributed by atoms with Gasteiger partial charge in [-0.3, -0.25) is 14.3 Å². The van der Waals surface area contributed by atoms with Gasteiger partial charge in [0.05, 0.1) is 11.6 Å². The zero-order valence-electron chi connectivity index (χ0n) is 18.8. The second-order valence-corrected chi connectivity index (χ2v) is 8.54. The highest BCUT2D eigenvalue weighted by atomic mass is 19.1. The third kappa shape index (κ3) is 4.27. The molecule has 0 amide bonds. The summed E-state index contributed by atoms with van der Waals surface area (Å²) in [6, 6.07) is 8.79. The molecule has 5 nitrogen and oxygen atoms in total. The second kappa shape index (κ2) is 9.14. The Bertz CT molecular complexity index is 1440. The van der Waals surface area contributed by atoms with E-state index in [1.54, 1.807) is 0 Å². The topological polar surface area (TPSA) is 51.3 Å². The first-order chi connectivity index (χ1) is 16.8. The van der Waals surface area contributed by atoms with Crippen LogP contribution in [0.25, 0.3) is 28.3 Å². The van der Waals surface area contributed by atoms with Crippen molar-refractivity contribution in [2.45, 2.75) is 25.3 Å². The first kappa shape index (κ1) is 23.0. The van der Waals surface area contributed by atoms with Gasteiger partial charge in [0.15, 0.2) is 5.76 Å². The molecule has 1 aliphatic rings. The average molecular weight is 483 g/mol. The van der Waals surface area contributed by atoms with Crippen molar-refractivity contribution in [1.82, 2.24) is 14.5 Å². The third-order valence-electron chi connectivity index (χ3n) is 6.24. The molecule has 1 saturated heterocycles. The predicted octanol–water partition coefficient (Wildman–Crippen LogP) is 5.87. The van der Waals surface area contributed by atoms with Crippen LogP contribution < -0.4 is 5.56 Å². The number of aromatic nitrogens is 2. The molecule has 0 aliphatic carbocycles. The van der Waals surface area contributed by atoms with Gasteiger partial charge in [0.2, 0.25) is 5.89 Å². The normalized spacial score (nSPS) is 16.5. The molecule has 0 unspecified atom stereocenters. The number of halogens is 4. The Balaban J connectivity index is 1.71. The van der Waals surface area contributed by atoms with E-state index < -0.39 is 34.5 Å². The maximum Gasteiger partial charge on any atom is 0.255 e. The van der Waals surface area contributed by atoms with E-state index in [9.17, 15) is 22.4 Å². The second-order valence-electron chi connectivity index (χ2n) is 8.54. The minimum atomic E-state index is -0.918. The van der Waals surface area contributed by atoms with Crippen molar-refractivity contribution in [1.29, 1.82) is 0 Å². The van der Waals surface area contributed by atoms with Gasteiger partial charge < -0.3 is 4.42 Å². The molecule has 3 heterocycles. The van der Waals surface area contributed by atoms with E-state index in [1.165, 1.54) is 24.4 Å². The summed E-state index contributed by atoms with van der Waals surface area (Å²) in [6.45, 7) is 0.833. The zero-order valence-corrected chi connectivity index (χ0v) is 18.8. The minimum Gasteiger partial charge on any atom is -0.438 e. The highest BCUT2D eigenvalue weighted by molar-refractivity contribution is 5.77. The van der Waals surface area contributed by atoms with Gasteiger partial charge in [-0.1, -0.05) is 12.5 Å². The Kier molecular flexibility index (Phi) is 6.02. The van der Waals surface area contributed by atoms with Crippen LogP contribution in [0.3, 0.4) is 0 Å². The van der Waals surface area contributed by atoms with Crippen molar-refractivity contribution in [3.63, 3.8) is 0 Å². The summed E-state index contributed by atoms with van der Waals surface area (Å²) in [7, 11) is 1.94. The first-order valence-corrected chi connectivity index (χ1v) is 11.2. The summed E-state index contributed by atoms with van der Waals surface area (Å²) in [5.74, 6) is -3.05. The van der Waals surface area contributed by atoms with E-state index >= 15 is 0 Å². The molecule has 1 aliphatic heterocycles. The minimum absolute atomic E-state index is 0.0200. The lowest BCUT2D eigenvalue weighted by Crippen LogP contribution is -2.29. The lowest BCUT2D eigenvalue weighted by molar-refractivity contribution is 0.160. The molecular formula is C26H21F4N3O2. The molecule has 4 aromatic rings. The van der Waals surface area contributed by atoms with Gasteiger partial charge in [0, 0.05) is 23.9 Å². The van der Waals surface area contributed by atoms with Crippen molar-refractivity contribution in [3.8, 4) is 28.3 Å². The van der Waals surface area contributed by atoms with Crippen molar-refractivity contribution >= 4 is 0 Å². The summed E-state index contributed by atoms with van der Waals surface area (Å²) in [4.78, 5) is 19.2. The summed E-state index contributed by atoms with van der Waals surface area (Å²) in [5.41, 5.74) is -0.768. The number of nitrogens with zero attached hydrogens (tertiary/aromatic N) is 3. The van der Waals surface area contributed by atoms with E-state index in [2.05, 4.69) is 9.88 Å². The Morgan fingerprint density at radius 2 is 1.74 bits per heavy atom. The third-order valence-corrected chi connectivity index (χ3v) is 6.24. The van der Waals surface area contributed by atoms with Crippen LogP contribution in [-0.4, -0.2) is 28.0 Å². The Morgan fingerprint density at radius 1 is 0.971 bits per heavy atom. The van der Waals surface area contributed by atoms with Crippen molar-refractivity contribution in [3.05, 3.63) is 94.2 Å². The van der Waals surface area contributed by atoms with Crippen LogP contribution >= 0.6 is 0 Å². The molecule has 2 aromatic carbocycles. The fraction of sp³-hybridized carbons (Fsp3) is 0.231. The standard InChI is InChI=1S/C26H21F4N3O2/c1-32-12-3-2-7-21(32)26-31-23(25(35-26)17-10-9-16(27)13-20(17)30)15-8-11-22(34)33(14-15)24-18(28)5-4-6-19(24)29/h4-6,8-11,13-14,21H,2-3,7,12H2,1H3/t21-/m1/s1. The molecule has 1 fully saturated rings. The number of benzene rings is 2. The SMILES string of the molecule is CN1CCCC[C@@H]1c1nc(-c2ccc(=O)n(-c3c(F)cccc3F)c2)c(-c2ccc(F)cc2F)o1. The molecule has 0 spiro atoms. The van der Waals surface area contributed by atoms with Crippen LogP contribution in [0.2, 0.25) is 0 Å². The molecule has 0 saturated carbocycles. The summed E-state index contributed by atoms with van der Waals surface area (Å²) < 4.78 is 64.2. The number of oxazole rings is 1. The quantitative estimate of drug-likeness (QED) is 0.341. The first-order valence-electron chi connectivity index (χ1n) is 11.2. The van der Waals surface area contributed by atoms with Crippen LogP contribution in [0, 0.1) is 23.3 Å². The molecule has 0 N–H and O–H groups in total. The number of para-hydroxylation sites is 1. The van der Waals surface area contributed by atoms with Crippen LogP contribution in [-0.2, 0) is 0 Å². The van der Waals surface area contributed by atoms with Crippen LogP contribution in [0.5, 0.6) is 0 Å². The van der Waals surface area contributed by atoms with E-state index in [1.807, 2.05) is 7.05 Å². The highest BCUT2D eigenvalue weighted by Crippen LogP contribution is 2.38. The van der Waals surface area contributed by atoms with Crippen molar-refractivity contribution in [2.24, 2.45) is 0 Å². The molecule has 35 heavy (non-hydrogen) atoms. The maximum absolute atomic E-state index is 14.8. The molecule has 9 heteroatoms. The lowest BCUT2D eigenvalue weighted by Gasteiger charge is -2.29. The van der Waals surface area contributed by atoms with Gasteiger partial charge in [0.1, 0.15) is 34.7 Å². The van der Waals surface area contributed by atoms with Gasteiger partial charge in [-0.2, -0.15) is 0 Å². The number of rotatable bonds is 4. The molecule has 0 radical (unpaired) electrons. The zero-order chi connectivity index (χ0) is 24.7. The Labute approximate surface area is 198 Å². The molecular weight excluding hydrogens is 462 g/mol. The van der Waals surface area contributed by atoms with Gasteiger partial charge in [-0.05, 0) is 56.8 Å². The molecule has 180 valence electrons. The number of hydrogen-bond donors (Lipinski definition) is 0. The van der Waals surface area contributed by atoms with Gasteiger partial charge in [-0.15, -0.1) is 0 Å². The van der Waals surface area contributed by atoms with Crippen LogP contribution in [0.15, 0.2) is 63.9 Å². The predicted molar refractivity (Wildman–Crippen MR) is 122 cm³/mol. The molecule has 5 rings (SSSR count). The average Bonchev–Trinajstić information content (AvgIpc) is 3.25. The van der Waals surface area contributed by atoms with Crippen LogP contribution in [0.1, 0.15) is 31.2 Å². The van der Waals surface area contributed by atoms with Gasteiger partial charge in [0.25, 0.3) is 5.56 Å².